The minimum Gasteiger partial charge on any atom is -0.303 e. The lowest BCUT2D eigenvalue weighted by Crippen LogP contribution is -2.47. The Hall–Kier alpha value is -0.860. The summed E-state index contributed by atoms with van der Waals surface area (Å²) in [5, 5.41) is 0.689. The number of fused-ring (bicyclic) bond motifs is 3. The number of halogens is 1. The van der Waals surface area contributed by atoms with Gasteiger partial charge in [0.05, 0.1) is 0 Å². The van der Waals surface area contributed by atoms with E-state index in [4.69, 9.17) is 11.6 Å². The third kappa shape index (κ3) is 2.45. The number of piperidine rings is 3. The van der Waals surface area contributed by atoms with Crippen molar-refractivity contribution in [3.8, 4) is 0 Å². The minimum absolute atomic E-state index is 0.269. The average Bonchev–Trinajstić information content (AvgIpc) is 2.41. The third-order valence-corrected chi connectivity index (χ3v) is 4.66. The summed E-state index contributed by atoms with van der Waals surface area (Å²) in [6, 6.07) is 7.27. The fourth-order valence-corrected chi connectivity index (χ4v) is 3.44. The van der Waals surface area contributed by atoms with Crippen molar-refractivity contribution in [3.05, 3.63) is 34.9 Å². The summed E-state index contributed by atoms with van der Waals surface area (Å²) in [6.45, 7) is 3.58. The molecule has 0 spiro atoms. The van der Waals surface area contributed by atoms with Crippen LogP contribution in [-0.4, -0.2) is 30.3 Å². The second-order valence-electron chi connectivity index (χ2n) is 5.53. The summed E-state index contributed by atoms with van der Waals surface area (Å²) in [5.41, 5.74) is 0.802. The largest absolute Gasteiger partial charge is 0.303 e. The van der Waals surface area contributed by atoms with Crippen LogP contribution in [0.4, 0.5) is 0 Å². The van der Waals surface area contributed by atoms with E-state index in [-0.39, 0.29) is 5.78 Å². The highest BCUT2D eigenvalue weighted by atomic mass is 35.5. The van der Waals surface area contributed by atoms with E-state index >= 15 is 0 Å². The van der Waals surface area contributed by atoms with Crippen molar-refractivity contribution in [2.24, 2.45) is 11.8 Å². The molecule has 3 saturated heterocycles. The smallest absolute Gasteiger partial charge is 0.163 e. The molecule has 96 valence electrons. The van der Waals surface area contributed by atoms with Crippen LogP contribution in [0.3, 0.4) is 0 Å². The van der Waals surface area contributed by atoms with Crippen molar-refractivity contribution >= 4 is 17.4 Å². The molecule has 4 rings (SSSR count). The highest BCUT2D eigenvalue weighted by Crippen LogP contribution is 2.34. The molecular weight excluding hydrogens is 246 g/mol. The number of rotatable bonds is 3. The zero-order valence-corrected chi connectivity index (χ0v) is 11.2. The Bertz CT molecular complexity index is 434. The number of hydrogen-bond acceptors (Lipinski definition) is 2. The molecule has 3 heteroatoms. The molecule has 0 saturated carbocycles. The Morgan fingerprint density at radius 2 is 1.89 bits per heavy atom. The molecule has 1 aromatic carbocycles. The maximum atomic E-state index is 12.2. The normalized spacial score (nSPS) is 30.4. The lowest BCUT2D eigenvalue weighted by Gasteiger charge is -2.44. The molecule has 18 heavy (non-hydrogen) atoms. The van der Waals surface area contributed by atoms with Crippen molar-refractivity contribution < 1.29 is 4.79 Å². The SMILES string of the molecule is O=C(CC1CN2CCC1CC2)c1ccc(Cl)cc1. The van der Waals surface area contributed by atoms with E-state index in [1.165, 1.54) is 25.9 Å². The van der Waals surface area contributed by atoms with Gasteiger partial charge in [0.15, 0.2) is 5.78 Å². The number of nitrogens with zero attached hydrogens (tertiary/aromatic N) is 1. The zero-order chi connectivity index (χ0) is 12.5. The highest BCUT2D eigenvalue weighted by Gasteiger charge is 2.35. The van der Waals surface area contributed by atoms with Gasteiger partial charge in [0.1, 0.15) is 0 Å². The maximum absolute atomic E-state index is 12.2. The summed E-state index contributed by atoms with van der Waals surface area (Å²) < 4.78 is 0. The van der Waals surface area contributed by atoms with Crippen LogP contribution in [0.15, 0.2) is 24.3 Å². The molecule has 1 atom stereocenters. The van der Waals surface area contributed by atoms with Gasteiger partial charge in [-0.25, -0.2) is 0 Å². The number of hydrogen-bond donors (Lipinski definition) is 0. The molecule has 0 aromatic heterocycles. The first-order chi connectivity index (χ1) is 8.72. The first-order valence-electron chi connectivity index (χ1n) is 6.73. The Morgan fingerprint density at radius 3 is 2.44 bits per heavy atom. The minimum atomic E-state index is 0.269. The lowest BCUT2D eigenvalue weighted by atomic mass is 9.76. The van der Waals surface area contributed by atoms with Gasteiger partial charge in [0.2, 0.25) is 0 Å². The summed E-state index contributed by atoms with van der Waals surface area (Å²) >= 11 is 5.84. The molecule has 3 aliphatic heterocycles. The van der Waals surface area contributed by atoms with Crippen LogP contribution in [-0.2, 0) is 0 Å². The number of benzene rings is 1. The number of carbonyl (C=O) groups is 1. The van der Waals surface area contributed by atoms with Gasteiger partial charge in [-0.15, -0.1) is 0 Å². The second kappa shape index (κ2) is 5.02. The van der Waals surface area contributed by atoms with E-state index in [1.807, 2.05) is 12.1 Å². The van der Waals surface area contributed by atoms with Gasteiger partial charge in [-0.3, -0.25) is 4.79 Å². The van der Waals surface area contributed by atoms with Gasteiger partial charge in [-0.1, -0.05) is 11.6 Å². The summed E-state index contributed by atoms with van der Waals surface area (Å²) in [5.74, 6) is 1.60. The van der Waals surface area contributed by atoms with Crippen molar-refractivity contribution in [1.82, 2.24) is 4.90 Å². The number of carbonyl (C=O) groups excluding carboxylic acids is 1. The molecule has 2 bridgehead atoms. The summed E-state index contributed by atoms with van der Waals surface area (Å²) in [4.78, 5) is 14.7. The van der Waals surface area contributed by atoms with Gasteiger partial charge in [0, 0.05) is 23.6 Å². The number of ketones is 1. The van der Waals surface area contributed by atoms with Gasteiger partial charge in [-0.2, -0.15) is 0 Å². The van der Waals surface area contributed by atoms with E-state index in [0.717, 1.165) is 18.0 Å². The van der Waals surface area contributed by atoms with E-state index in [2.05, 4.69) is 4.90 Å². The van der Waals surface area contributed by atoms with Crippen LogP contribution in [0, 0.1) is 11.8 Å². The Kier molecular flexibility index (Phi) is 3.40. The van der Waals surface area contributed by atoms with Gasteiger partial charge >= 0.3 is 0 Å². The van der Waals surface area contributed by atoms with Gasteiger partial charge in [-0.05, 0) is 62.0 Å². The van der Waals surface area contributed by atoms with Crippen molar-refractivity contribution in [2.45, 2.75) is 19.3 Å². The van der Waals surface area contributed by atoms with Crippen LogP contribution in [0.25, 0.3) is 0 Å². The number of Topliss-reactive ketones (excluding diaryl/α,β-unsaturated/α-hetero) is 1. The van der Waals surface area contributed by atoms with E-state index in [1.54, 1.807) is 12.1 Å². The van der Waals surface area contributed by atoms with E-state index in [9.17, 15) is 4.79 Å². The first kappa shape index (κ1) is 12.2. The Labute approximate surface area is 113 Å². The molecule has 1 unspecified atom stereocenters. The Morgan fingerprint density at radius 1 is 1.22 bits per heavy atom. The molecule has 0 radical (unpaired) electrons. The fraction of sp³-hybridized carbons (Fsp3) is 0.533. The van der Waals surface area contributed by atoms with Crippen molar-refractivity contribution in [2.75, 3.05) is 19.6 Å². The van der Waals surface area contributed by atoms with Crippen LogP contribution in [0.5, 0.6) is 0 Å². The third-order valence-electron chi connectivity index (χ3n) is 4.41. The van der Waals surface area contributed by atoms with Crippen molar-refractivity contribution in [3.63, 3.8) is 0 Å². The predicted octanol–water partition coefficient (Wildman–Crippen LogP) is 3.25. The molecular formula is C15H18ClNO. The quantitative estimate of drug-likeness (QED) is 0.781. The zero-order valence-electron chi connectivity index (χ0n) is 10.4. The first-order valence-corrected chi connectivity index (χ1v) is 7.11. The molecule has 3 heterocycles. The fourth-order valence-electron chi connectivity index (χ4n) is 3.31. The van der Waals surface area contributed by atoms with Crippen LogP contribution < -0.4 is 0 Å². The molecule has 2 nitrogen and oxygen atoms in total. The molecule has 0 N–H and O–H groups in total. The summed E-state index contributed by atoms with van der Waals surface area (Å²) in [7, 11) is 0. The summed E-state index contributed by atoms with van der Waals surface area (Å²) in [6.07, 6.45) is 3.25. The lowest BCUT2D eigenvalue weighted by molar-refractivity contribution is 0.0441. The molecule has 0 aliphatic carbocycles. The maximum Gasteiger partial charge on any atom is 0.163 e. The van der Waals surface area contributed by atoms with E-state index < -0.39 is 0 Å². The van der Waals surface area contributed by atoms with E-state index in [0.29, 0.717) is 17.4 Å². The molecule has 3 fully saturated rings. The topological polar surface area (TPSA) is 20.3 Å². The van der Waals surface area contributed by atoms with Crippen LogP contribution in [0.1, 0.15) is 29.6 Å². The average molecular weight is 264 g/mol. The molecule has 0 amide bonds. The Balaban J connectivity index is 1.66. The monoisotopic (exact) mass is 263 g/mol. The second-order valence-corrected chi connectivity index (χ2v) is 5.97. The van der Waals surface area contributed by atoms with Crippen LogP contribution in [0.2, 0.25) is 5.02 Å². The predicted molar refractivity (Wildman–Crippen MR) is 73.1 cm³/mol. The van der Waals surface area contributed by atoms with Gasteiger partial charge in [0.25, 0.3) is 0 Å². The van der Waals surface area contributed by atoms with Crippen LogP contribution >= 0.6 is 11.6 Å². The standard InChI is InChI=1S/C15H18ClNO/c16-14-3-1-12(2-4-14)15(18)9-13-10-17-7-5-11(13)6-8-17/h1-4,11,13H,5-10H2. The van der Waals surface area contributed by atoms with Crippen molar-refractivity contribution in [1.29, 1.82) is 0 Å². The molecule has 3 aliphatic rings. The molecule has 1 aromatic rings. The van der Waals surface area contributed by atoms with Gasteiger partial charge < -0.3 is 4.90 Å². The highest BCUT2D eigenvalue weighted by molar-refractivity contribution is 6.30.